The van der Waals surface area contributed by atoms with Crippen LogP contribution in [-0.2, 0) is 20.7 Å². The van der Waals surface area contributed by atoms with Gasteiger partial charge in [0.15, 0.2) is 6.23 Å². The van der Waals surface area contributed by atoms with Gasteiger partial charge >= 0.3 is 0 Å². The second kappa shape index (κ2) is 5.83. The van der Waals surface area contributed by atoms with Gasteiger partial charge in [0.25, 0.3) is 10.1 Å². The van der Waals surface area contributed by atoms with E-state index >= 15 is 0 Å². The first kappa shape index (κ1) is 15.2. The Labute approximate surface area is 131 Å². The number of hydrogen-bond acceptors (Lipinski definition) is 4. The summed E-state index contributed by atoms with van der Waals surface area (Å²) in [5.41, 5.74) is 3.08. The molecule has 1 atom stereocenters. The quantitative estimate of drug-likeness (QED) is 0.817. The van der Waals surface area contributed by atoms with Crippen molar-refractivity contribution in [1.29, 1.82) is 0 Å². The molecular formula is C17H19NO3S. The number of aryl methyl sites for hydroxylation is 1. The highest BCUT2D eigenvalue weighted by atomic mass is 32.2. The van der Waals surface area contributed by atoms with Crippen molar-refractivity contribution in [3.8, 4) is 0 Å². The molecule has 0 amide bonds. The number of rotatable bonds is 3. The lowest BCUT2D eigenvalue weighted by molar-refractivity contribution is 0.0413. The summed E-state index contributed by atoms with van der Waals surface area (Å²) in [4.78, 5) is 2.11. The average molecular weight is 317 g/mol. The number of benzene rings is 2. The first-order valence-corrected chi connectivity index (χ1v) is 8.66. The summed E-state index contributed by atoms with van der Waals surface area (Å²) in [6.07, 6.45) is 0.327. The fraction of sp³-hybridized carbons (Fsp3) is 0.294. The van der Waals surface area contributed by atoms with Crippen LogP contribution in [0.2, 0.25) is 0 Å². The zero-order chi connectivity index (χ0) is 15.7. The summed E-state index contributed by atoms with van der Waals surface area (Å²) in [5.74, 6) is 0. The SMILES string of the molecule is Cc1ccc(S(=O)(=O)OC2c3ccccc3CCN2C)cc1. The monoisotopic (exact) mass is 317 g/mol. The van der Waals surface area contributed by atoms with Gasteiger partial charge in [-0.15, -0.1) is 0 Å². The molecule has 1 heterocycles. The molecule has 22 heavy (non-hydrogen) atoms. The average Bonchev–Trinajstić information content (AvgIpc) is 2.50. The molecule has 0 spiro atoms. The Balaban J connectivity index is 1.93. The van der Waals surface area contributed by atoms with Crippen LogP contribution in [0.15, 0.2) is 53.4 Å². The molecule has 1 aliphatic heterocycles. The van der Waals surface area contributed by atoms with E-state index < -0.39 is 16.3 Å². The van der Waals surface area contributed by atoms with E-state index in [1.807, 2.05) is 43.1 Å². The van der Waals surface area contributed by atoms with E-state index in [-0.39, 0.29) is 4.90 Å². The molecule has 116 valence electrons. The summed E-state index contributed by atoms with van der Waals surface area (Å²) in [6.45, 7) is 2.69. The molecule has 0 bridgehead atoms. The molecule has 3 rings (SSSR count). The minimum absolute atomic E-state index is 0.189. The Bertz CT molecular complexity index is 769. The molecule has 0 saturated carbocycles. The van der Waals surface area contributed by atoms with Crippen LogP contribution in [0.5, 0.6) is 0 Å². The maximum atomic E-state index is 12.5. The molecule has 0 aliphatic carbocycles. The van der Waals surface area contributed by atoms with Crippen LogP contribution in [-0.4, -0.2) is 26.9 Å². The molecule has 0 fully saturated rings. The smallest absolute Gasteiger partial charge is 0.276 e. The first-order chi connectivity index (χ1) is 10.5. The lowest BCUT2D eigenvalue weighted by Gasteiger charge is -2.33. The van der Waals surface area contributed by atoms with Crippen molar-refractivity contribution in [1.82, 2.24) is 4.90 Å². The molecule has 1 unspecified atom stereocenters. The summed E-state index contributed by atoms with van der Waals surface area (Å²) < 4.78 is 30.6. The van der Waals surface area contributed by atoms with Crippen molar-refractivity contribution in [3.05, 3.63) is 65.2 Å². The third-order valence-corrected chi connectivity index (χ3v) is 5.27. The largest absolute Gasteiger partial charge is 0.298 e. The van der Waals surface area contributed by atoms with E-state index in [9.17, 15) is 8.42 Å². The predicted octanol–water partition coefficient (Wildman–Crippen LogP) is 2.89. The zero-order valence-corrected chi connectivity index (χ0v) is 13.5. The summed E-state index contributed by atoms with van der Waals surface area (Å²) in [5, 5.41) is 0. The molecule has 0 N–H and O–H groups in total. The van der Waals surface area contributed by atoms with Crippen LogP contribution in [0.3, 0.4) is 0 Å². The number of hydrogen-bond donors (Lipinski definition) is 0. The highest BCUT2D eigenvalue weighted by Gasteiger charge is 2.30. The molecular weight excluding hydrogens is 298 g/mol. The van der Waals surface area contributed by atoms with Crippen LogP contribution < -0.4 is 0 Å². The highest BCUT2D eigenvalue weighted by Crippen LogP contribution is 2.32. The summed E-state index contributed by atoms with van der Waals surface area (Å²) >= 11 is 0. The molecule has 5 heteroatoms. The molecule has 4 nitrogen and oxygen atoms in total. The fourth-order valence-electron chi connectivity index (χ4n) is 2.66. The molecule has 1 aliphatic rings. The normalized spacial score (nSPS) is 18.9. The van der Waals surface area contributed by atoms with Crippen molar-refractivity contribution in [2.45, 2.75) is 24.5 Å². The number of fused-ring (bicyclic) bond motifs is 1. The number of likely N-dealkylation sites (N-methyl/N-ethyl adjacent to an activating group) is 1. The van der Waals surface area contributed by atoms with Crippen LogP contribution in [0.25, 0.3) is 0 Å². The van der Waals surface area contributed by atoms with Crippen LogP contribution in [0.4, 0.5) is 0 Å². The lowest BCUT2D eigenvalue weighted by Crippen LogP contribution is -2.35. The van der Waals surface area contributed by atoms with E-state index in [1.165, 1.54) is 0 Å². The van der Waals surface area contributed by atoms with Gasteiger partial charge in [0.05, 0.1) is 4.90 Å². The van der Waals surface area contributed by atoms with E-state index in [4.69, 9.17) is 4.18 Å². The van der Waals surface area contributed by atoms with E-state index in [2.05, 4.69) is 0 Å². The summed E-state index contributed by atoms with van der Waals surface area (Å²) in [6, 6.07) is 14.5. The zero-order valence-electron chi connectivity index (χ0n) is 12.7. The third-order valence-electron chi connectivity index (χ3n) is 3.98. The highest BCUT2D eigenvalue weighted by molar-refractivity contribution is 7.86. The van der Waals surface area contributed by atoms with Gasteiger partial charge in [-0.3, -0.25) is 4.90 Å². The lowest BCUT2D eigenvalue weighted by atomic mass is 9.99. The Kier molecular flexibility index (Phi) is 4.04. The van der Waals surface area contributed by atoms with Gasteiger partial charge in [-0.25, -0.2) is 4.18 Å². The predicted molar refractivity (Wildman–Crippen MR) is 85.0 cm³/mol. The van der Waals surface area contributed by atoms with E-state index in [1.54, 1.807) is 24.3 Å². The standard InChI is InChI=1S/C17H19NO3S/c1-13-7-9-15(10-8-13)22(19,20)21-17-16-6-4-3-5-14(16)11-12-18(17)2/h3-10,17H,11-12H2,1-2H3. The van der Waals surface area contributed by atoms with Gasteiger partial charge < -0.3 is 0 Å². The Morgan fingerprint density at radius 3 is 2.50 bits per heavy atom. The van der Waals surface area contributed by atoms with Crippen LogP contribution >= 0.6 is 0 Å². The van der Waals surface area contributed by atoms with Crippen molar-refractivity contribution in [2.75, 3.05) is 13.6 Å². The van der Waals surface area contributed by atoms with Crippen molar-refractivity contribution < 1.29 is 12.6 Å². The topological polar surface area (TPSA) is 46.6 Å². The van der Waals surface area contributed by atoms with Crippen molar-refractivity contribution >= 4 is 10.1 Å². The maximum Gasteiger partial charge on any atom is 0.298 e. The van der Waals surface area contributed by atoms with Crippen molar-refractivity contribution in [3.63, 3.8) is 0 Å². The molecule has 2 aromatic rings. The summed E-state index contributed by atoms with van der Waals surface area (Å²) in [7, 11) is -1.91. The first-order valence-electron chi connectivity index (χ1n) is 7.25. The van der Waals surface area contributed by atoms with Gasteiger partial charge in [0.2, 0.25) is 0 Å². The van der Waals surface area contributed by atoms with Gasteiger partial charge in [0.1, 0.15) is 0 Å². The minimum atomic E-state index is -3.79. The second-order valence-electron chi connectivity index (χ2n) is 5.65. The maximum absolute atomic E-state index is 12.5. The number of nitrogens with zero attached hydrogens (tertiary/aromatic N) is 1. The Hall–Kier alpha value is -1.69. The minimum Gasteiger partial charge on any atom is -0.276 e. The van der Waals surface area contributed by atoms with Crippen LogP contribution in [0.1, 0.15) is 22.9 Å². The molecule has 0 aromatic heterocycles. The van der Waals surface area contributed by atoms with E-state index in [0.29, 0.717) is 0 Å². The van der Waals surface area contributed by atoms with Gasteiger partial charge in [-0.2, -0.15) is 8.42 Å². The van der Waals surface area contributed by atoms with Crippen molar-refractivity contribution in [2.24, 2.45) is 0 Å². The second-order valence-corrected chi connectivity index (χ2v) is 7.22. The van der Waals surface area contributed by atoms with E-state index in [0.717, 1.165) is 29.7 Å². The molecule has 0 radical (unpaired) electrons. The van der Waals surface area contributed by atoms with Crippen LogP contribution in [0, 0.1) is 6.92 Å². The Morgan fingerprint density at radius 1 is 1.09 bits per heavy atom. The Morgan fingerprint density at radius 2 is 1.77 bits per heavy atom. The molecule has 2 aromatic carbocycles. The third kappa shape index (κ3) is 2.92. The van der Waals surface area contributed by atoms with Gasteiger partial charge in [-0.1, -0.05) is 42.0 Å². The molecule has 0 saturated heterocycles. The van der Waals surface area contributed by atoms with Gasteiger partial charge in [0, 0.05) is 12.1 Å². The van der Waals surface area contributed by atoms with Gasteiger partial charge in [-0.05, 0) is 38.1 Å². The fourth-order valence-corrected chi connectivity index (χ4v) is 3.73.